The Kier molecular flexibility index (Phi) is 3.07. The maximum absolute atomic E-state index is 10.8. The molecule has 82 valence electrons. The van der Waals surface area contributed by atoms with Crippen molar-refractivity contribution in [3.8, 4) is 0 Å². The Morgan fingerprint density at radius 3 is 3.00 bits per heavy atom. The van der Waals surface area contributed by atoms with Gasteiger partial charge in [-0.25, -0.2) is 4.79 Å². The van der Waals surface area contributed by atoms with Crippen LogP contribution >= 0.6 is 11.3 Å². The summed E-state index contributed by atoms with van der Waals surface area (Å²) >= 11 is 1.68. The third-order valence-electron chi connectivity index (χ3n) is 2.78. The van der Waals surface area contributed by atoms with Crippen LogP contribution in [0.25, 0.3) is 0 Å². The maximum atomic E-state index is 10.8. The number of aliphatic carboxylic acids is 1. The topological polar surface area (TPSA) is 46.5 Å². The summed E-state index contributed by atoms with van der Waals surface area (Å²) in [5.41, 5.74) is 1.16. The molecule has 2 atom stereocenters. The number of rotatable bonds is 2. The lowest BCUT2D eigenvalue weighted by Gasteiger charge is -2.27. The highest BCUT2D eigenvalue weighted by Crippen LogP contribution is 2.34. The zero-order valence-electron chi connectivity index (χ0n) is 8.60. The van der Waals surface area contributed by atoms with E-state index in [1.807, 2.05) is 18.4 Å². The first-order valence-corrected chi connectivity index (χ1v) is 5.98. The van der Waals surface area contributed by atoms with Gasteiger partial charge in [0.25, 0.3) is 0 Å². The second-order valence-corrected chi connectivity index (χ2v) is 4.93. The van der Waals surface area contributed by atoms with Gasteiger partial charge in [-0.05, 0) is 43.2 Å². The van der Waals surface area contributed by atoms with Crippen LogP contribution in [0, 0.1) is 6.92 Å². The number of thiophene rings is 1. The molecule has 2 unspecified atom stereocenters. The van der Waals surface area contributed by atoms with Crippen molar-refractivity contribution in [3.63, 3.8) is 0 Å². The first-order chi connectivity index (χ1) is 7.18. The number of ether oxygens (including phenoxy) is 1. The molecule has 1 N–H and O–H groups in total. The van der Waals surface area contributed by atoms with Crippen molar-refractivity contribution in [1.29, 1.82) is 0 Å². The lowest BCUT2D eigenvalue weighted by atomic mass is 9.99. The highest BCUT2D eigenvalue weighted by molar-refractivity contribution is 7.10. The minimum Gasteiger partial charge on any atom is -0.479 e. The SMILES string of the molecule is Cc1sccc1C1CCCC(C(=O)O)O1. The minimum absolute atomic E-state index is 0.0221. The molecule has 1 aromatic rings. The largest absolute Gasteiger partial charge is 0.479 e. The molecule has 0 radical (unpaired) electrons. The summed E-state index contributed by atoms with van der Waals surface area (Å²) in [5, 5.41) is 10.9. The molecule has 1 aromatic heterocycles. The van der Waals surface area contributed by atoms with Crippen LogP contribution in [-0.2, 0) is 9.53 Å². The summed E-state index contributed by atoms with van der Waals surface area (Å²) in [5.74, 6) is -0.840. The molecule has 1 aliphatic rings. The zero-order chi connectivity index (χ0) is 10.8. The van der Waals surface area contributed by atoms with Gasteiger partial charge in [0.1, 0.15) is 0 Å². The van der Waals surface area contributed by atoms with Gasteiger partial charge in [0.05, 0.1) is 6.10 Å². The highest BCUT2D eigenvalue weighted by Gasteiger charge is 2.29. The smallest absolute Gasteiger partial charge is 0.332 e. The standard InChI is InChI=1S/C11H14O3S/c1-7-8(5-6-15-7)9-3-2-4-10(14-9)11(12)13/h5-6,9-10H,2-4H2,1H3,(H,12,13). The Balaban J connectivity index is 2.11. The summed E-state index contributed by atoms with van der Waals surface area (Å²) in [6, 6.07) is 2.04. The Morgan fingerprint density at radius 1 is 1.60 bits per heavy atom. The van der Waals surface area contributed by atoms with Crippen LogP contribution in [0.15, 0.2) is 11.4 Å². The van der Waals surface area contributed by atoms with Gasteiger partial charge < -0.3 is 9.84 Å². The van der Waals surface area contributed by atoms with Crippen LogP contribution in [0.4, 0.5) is 0 Å². The van der Waals surface area contributed by atoms with Crippen molar-refractivity contribution in [2.45, 2.75) is 38.4 Å². The molecule has 0 aromatic carbocycles. The maximum Gasteiger partial charge on any atom is 0.332 e. The van der Waals surface area contributed by atoms with E-state index >= 15 is 0 Å². The fraction of sp³-hybridized carbons (Fsp3) is 0.545. The molecule has 2 heterocycles. The van der Waals surface area contributed by atoms with E-state index < -0.39 is 12.1 Å². The second-order valence-electron chi connectivity index (χ2n) is 3.81. The summed E-state index contributed by atoms with van der Waals surface area (Å²) < 4.78 is 5.58. The second kappa shape index (κ2) is 4.33. The summed E-state index contributed by atoms with van der Waals surface area (Å²) in [6.45, 7) is 2.05. The summed E-state index contributed by atoms with van der Waals surface area (Å²) in [6.07, 6.45) is 1.85. The molecule has 0 aliphatic carbocycles. The van der Waals surface area contributed by atoms with E-state index in [4.69, 9.17) is 9.84 Å². The summed E-state index contributed by atoms with van der Waals surface area (Å²) in [4.78, 5) is 12.1. The van der Waals surface area contributed by atoms with Gasteiger partial charge in [0, 0.05) is 4.88 Å². The van der Waals surface area contributed by atoms with Crippen LogP contribution in [0.2, 0.25) is 0 Å². The van der Waals surface area contributed by atoms with E-state index in [-0.39, 0.29) is 6.10 Å². The number of hydrogen-bond acceptors (Lipinski definition) is 3. The van der Waals surface area contributed by atoms with Crippen molar-refractivity contribution in [1.82, 2.24) is 0 Å². The average Bonchev–Trinajstić information content (AvgIpc) is 2.64. The Bertz CT molecular complexity index is 358. The van der Waals surface area contributed by atoms with Crippen molar-refractivity contribution < 1.29 is 14.6 Å². The molecule has 0 bridgehead atoms. The van der Waals surface area contributed by atoms with Gasteiger partial charge >= 0.3 is 5.97 Å². The summed E-state index contributed by atoms with van der Waals surface area (Å²) in [7, 11) is 0. The van der Waals surface area contributed by atoms with E-state index in [9.17, 15) is 4.79 Å². The van der Waals surface area contributed by atoms with Gasteiger partial charge in [-0.1, -0.05) is 0 Å². The van der Waals surface area contributed by atoms with E-state index in [0.717, 1.165) is 18.4 Å². The molecule has 4 heteroatoms. The fourth-order valence-corrected chi connectivity index (χ4v) is 2.72. The van der Waals surface area contributed by atoms with Crippen molar-refractivity contribution in [2.75, 3.05) is 0 Å². The molecule has 15 heavy (non-hydrogen) atoms. The number of hydrogen-bond donors (Lipinski definition) is 1. The molecule has 1 saturated heterocycles. The number of aryl methyl sites for hydroxylation is 1. The van der Waals surface area contributed by atoms with Crippen LogP contribution in [0.5, 0.6) is 0 Å². The Morgan fingerprint density at radius 2 is 2.40 bits per heavy atom. The number of carboxylic acid groups (broad SMARTS) is 1. The first kappa shape index (κ1) is 10.6. The molecule has 1 aliphatic heterocycles. The van der Waals surface area contributed by atoms with Crippen LogP contribution in [0.3, 0.4) is 0 Å². The predicted molar refractivity (Wildman–Crippen MR) is 58.2 cm³/mol. The number of carbonyl (C=O) groups is 1. The molecule has 0 amide bonds. The normalized spacial score (nSPS) is 26.5. The molecule has 1 fully saturated rings. The zero-order valence-corrected chi connectivity index (χ0v) is 9.42. The van der Waals surface area contributed by atoms with Gasteiger partial charge in [0.15, 0.2) is 6.10 Å². The van der Waals surface area contributed by atoms with Gasteiger partial charge in [-0.15, -0.1) is 11.3 Å². The van der Waals surface area contributed by atoms with Gasteiger partial charge in [-0.2, -0.15) is 0 Å². The van der Waals surface area contributed by atoms with E-state index in [0.29, 0.717) is 6.42 Å². The van der Waals surface area contributed by atoms with Crippen LogP contribution in [-0.4, -0.2) is 17.2 Å². The van der Waals surface area contributed by atoms with E-state index in [2.05, 4.69) is 0 Å². The molecular formula is C11H14O3S. The molecule has 0 saturated carbocycles. The Hall–Kier alpha value is -0.870. The Labute approximate surface area is 92.7 Å². The first-order valence-electron chi connectivity index (χ1n) is 5.10. The van der Waals surface area contributed by atoms with Crippen molar-refractivity contribution in [3.05, 3.63) is 21.9 Å². The molecular weight excluding hydrogens is 212 g/mol. The van der Waals surface area contributed by atoms with Gasteiger partial charge in [0.2, 0.25) is 0 Å². The van der Waals surface area contributed by atoms with E-state index in [1.165, 1.54) is 4.88 Å². The predicted octanol–water partition coefficient (Wildman–Crippen LogP) is 2.75. The van der Waals surface area contributed by atoms with Crippen LogP contribution < -0.4 is 0 Å². The quantitative estimate of drug-likeness (QED) is 0.843. The molecule has 2 rings (SSSR count). The van der Waals surface area contributed by atoms with Crippen molar-refractivity contribution >= 4 is 17.3 Å². The third kappa shape index (κ3) is 2.21. The molecule has 0 spiro atoms. The molecule has 3 nitrogen and oxygen atoms in total. The van der Waals surface area contributed by atoms with Crippen molar-refractivity contribution in [2.24, 2.45) is 0 Å². The van der Waals surface area contributed by atoms with Gasteiger partial charge in [-0.3, -0.25) is 0 Å². The average molecular weight is 226 g/mol. The van der Waals surface area contributed by atoms with E-state index in [1.54, 1.807) is 11.3 Å². The minimum atomic E-state index is -0.840. The highest BCUT2D eigenvalue weighted by atomic mass is 32.1. The number of carboxylic acids is 1. The van der Waals surface area contributed by atoms with Crippen LogP contribution in [0.1, 0.15) is 35.8 Å². The third-order valence-corrected chi connectivity index (χ3v) is 3.64. The lowest BCUT2D eigenvalue weighted by Crippen LogP contribution is -2.29. The lowest BCUT2D eigenvalue weighted by molar-refractivity contribution is -0.159. The monoisotopic (exact) mass is 226 g/mol. The fourth-order valence-electron chi connectivity index (χ4n) is 1.96.